The number of pyridine rings is 1. The summed E-state index contributed by atoms with van der Waals surface area (Å²) >= 11 is 3.41. The normalized spacial score (nSPS) is 26.9. The Morgan fingerprint density at radius 3 is 2.81 bits per heavy atom. The lowest BCUT2D eigenvalue weighted by Gasteiger charge is -2.35. The van der Waals surface area contributed by atoms with E-state index in [0.29, 0.717) is 0 Å². The third-order valence-corrected chi connectivity index (χ3v) is 4.06. The number of nitrogens with zero attached hydrogens (tertiary/aromatic N) is 2. The highest BCUT2D eigenvalue weighted by Crippen LogP contribution is 2.23. The molecule has 2 unspecified atom stereocenters. The second-order valence-corrected chi connectivity index (χ2v) is 5.86. The molecule has 0 radical (unpaired) electrons. The molecular weight excluding hydrogens is 264 g/mol. The first-order valence-electron chi connectivity index (χ1n) is 5.98. The summed E-state index contributed by atoms with van der Waals surface area (Å²) in [5.74, 6) is 1.68. The number of hydrogen-bond donors (Lipinski definition) is 0. The average molecular weight is 283 g/mol. The number of rotatable bonds is 2. The maximum atomic E-state index is 4.43. The summed E-state index contributed by atoms with van der Waals surface area (Å²) in [6, 6.07) is 4.17. The summed E-state index contributed by atoms with van der Waals surface area (Å²) < 4.78 is 1.05. The molecule has 0 aromatic carbocycles. The van der Waals surface area contributed by atoms with E-state index in [1.807, 2.05) is 6.20 Å². The summed E-state index contributed by atoms with van der Waals surface area (Å²) in [7, 11) is 0. The van der Waals surface area contributed by atoms with E-state index in [9.17, 15) is 0 Å². The van der Waals surface area contributed by atoms with Crippen molar-refractivity contribution in [3.63, 3.8) is 0 Å². The van der Waals surface area contributed by atoms with Gasteiger partial charge in [-0.3, -0.25) is 9.88 Å². The Bertz CT molecular complexity index is 336. The minimum Gasteiger partial charge on any atom is -0.297 e. The van der Waals surface area contributed by atoms with Crippen LogP contribution in [0.1, 0.15) is 26.0 Å². The fourth-order valence-electron chi connectivity index (χ4n) is 2.22. The predicted octanol–water partition coefficient (Wildman–Crippen LogP) is 3.32. The Morgan fingerprint density at radius 1 is 1.38 bits per heavy atom. The van der Waals surface area contributed by atoms with Gasteiger partial charge in [-0.2, -0.15) is 0 Å². The molecule has 2 nitrogen and oxygen atoms in total. The van der Waals surface area contributed by atoms with E-state index in [2.05, 4.69) is 51.8 Å². The number of aromatic nitrogens is 1. The van der Waals surface area contributed by atoms with Crippen molar-refractivity contribution in [2.45, 2.75) is 26.8 Å². The minimum atomic E-state index is 0.809. The van der Waals surface area contributed by atoms with E-state index in [1.165, 1.54) is 25.2 Å². The van der Waals surface area contributed by atoms with Gasteiger partial charge in [0.25, 0.3) is 0 Å². The summed E-state index contributed by atoms with van der Waals surface area (Å²) in [5.41, 5.74) is 1.17. The highest BCUT2D eigenvalue weighted by atomic mass is 79.9. The van der Waals surface area contributed by atoms with Crippen LogP contribution in [0, 0.1) is 11.8 Å². The maximum Gasteiger partial charge on any atom is 0.0544 e. The van der Waals surface area contributed by atoms with Crippen molar-refractivity contribution in [1.29, 1.82) is 0 Å². The van der Waals surface area contributed by atoms with Crippen LogP contribution in [-0.4, -0.2) is 23.0 Å². The highest BCUT2D eigenvalue weighted by Gasteiger charge is 2.22. The first-order chi connectivity index (χ1) is 7.65. The molecule has 0 spiro atoms. The van der Waals surface area contributed by atoms with Crippen LogP contribution in [0.5, 0.6) is 0 Å². The average Bonchev–Trinajstić information content (AvgIpc) is 2.27. The van der Waals surface area contributed by atoms with Crippen LogP contribution in [0.15, 0.2) is 22.8 Å². The highest BCUT2D eigenvalue weighted by molar-refractivity contribution is 9.10. The fraction of sp³-hybridized carbons (Fsp3) is 0.615. The number of halogens is 1. The van der Waals surface area contributed by atoms with Crippen LogP contribution in [-0.2, 0) is 6.54 Å². The molecule has 88 valence electrons. The zero-order chi connectivity index (χ0) is 11.5. The molecule has 1 saturated heterocycles. The molecule has 0 bridgehead atoms. The Hall–Kier alpha value is -0.410. The summed E-state index contributed by atoms with van der Waals surface area (Å²) in [6.07, 6.45) is 3.20. The van der Waals surface area contributed by atoms with E-state index in [1.54, 1.807) is 0 Å². The molecular formula is C13H19BrN2. The molecule has 1 aromatic heterocycles. The number of likely N-dealkylation sites (tertiary alicyclic amines) is 1. The van der Waals surface area contributed by atoms with Gasteiger partial charge in [-0.05, 0) is 52.9 Å². The van der Waals surface area contributed by atoms with Crippen molar-refractivity contribution in [1.82, 2.24) is 9.88 Å². The molecule has 16 heavy (non-hydrogen) atoms. The standard InChI is InChI=1S/C13H19BrN2/c1-10-5-6-16(8-11(10)2)9-13-4-3-12(14)7-15-13/h3-4,7,10-11H,5-6,8-9H2,1-2H3. The zero-order valence-electron chi connectivity index (χ0n) is 9.99. The Labute approximate surface area is 106 Å². The van der Waals surface area contributed by atoms with Crippen molar-refractivity contribution in [2.75, 3.05) is 13.1 Å². The van der Waals surface area contributed by atoms with Crippen LogP contribution in [0.2, 0.25) is 0 Å². The Kier molecular flexibility index (Phi) is 3.98. The fourth-order valence-corrected chi connectivity index (χ4v) is 2.46. The van der Waals surface area contributed by atoms with Gasteiger partial charge >= 0.3 is 0 Å². The van der Waals surface area contributed by atoms with Crippen LogP contribution in [0.25, 0.3) is 0 Å². The lowest BCUT2D eigenvalue weighted by Crippen LogP contribution is -2.37. The van der Waals surface area contributed by atoms with Gasteiger partial charge in [-0.15, -0.1) is 0 Å². The van der Waals surface area contributed by atoms with Crippen molar-refractivity contribution >= 4 is 15.9 Å². The third-order valence-electron chi connectivity index (χ3n) is 3.59. The van der Waals surface area contributed by atoms with Gasteiger partial charge in [0.15, 0.2) is 0 Å². The summed E-state index contributed by atoms with van der Waals surface area (Å²) in [5, 5.41) is 0. The molecule has 0 N–H and O–H groups in total. The van der Waals surface area contributed by atoms with Crippen LogP contribution in [0.3, 0.4) is 0 Å². The largest absolute Gasteiger partial charge is 0.297 e. The molecule has 0 saturated carbocycles. The van der Waals surface area contributed by atoms with E-state index < -0.39 is 0 Å². The monoisotopic (exact) mass is 282 g/mol. The van der Waals surface area contributed by atoms with Crippen molar-refractivity contribution in [3.05, 3.63) is 28.5 Å². The van der Waals surface area contributed by atoms with Gasteiger partial charge in [0.1, 0.15) is 0 Å². The maximum absolute atomic E-state index is 4.43. The van der Waals surface area contributed by atoms with Gasteiger partial charge in [-0.25, -0.2) is 0 Å². The minimum absolute atomic E-state index is 0.809. The first kappa shape index (κ1) is 12.1. The first-order valence-corrected chi connectivity index (χ1v) is 6.77. The lowest BCUT2D eigenvalue weighted by molar-refractivity contribution is 0.131. The van der Waals surface area contributed by atoms with E-state index in [-0.39, 0.29) is 0 Å². The Morgan fingerprint density at radius 2 is 2.19 bits per heavy atom. The zero-order valence-corrected chi connectivity index (χ0v) is 11.6. The van der Waals surface area contributed by atoms with E-state index in [0.717, 1.165) is 22.9 Å². The number of hydrogen-bond acceptors (Lipinski definition) is 2. The van der Waals surface area contributed by atoms with Crippen LogP contribution >= 0.6 is 15.9 Å². The molecule has 3 heteroatoms. The summed E-state index contributed by atoms with van der Waals surface area (Å²) in [6.45, 7) is 8.12. The predicted molar refractivity (Wildman–Crippen MR) is 70.2 cm³/mol. The van der Waals surface area contributed by atoms with Crippen molar-refractivity contribution < 1.29 is 0 Å². The second kappa shape index (κ2) is 5.28. The Balaban J connectivity index is 1.93. The molecule has 1 aromatic rings. The summed E-state index contributed by atoms with van der Waals surface area (Å²) in [4.78, 5) is 6.94. The lowest BCUT2D eigenvalue weighted by atomic mass is 9.89. The van der Waals surface area contributed by atoms with Crippen molar-refractivity contribution in [3.8, 4) is 0 Å². The molecule has 1 fully saturated rings. The van der Waals surface area contributed by atoms with Gasteiger partial charge < -0.3 is 0 Å². The van der Waals surface area contributed by atoms with Crippen LogP contribution in [0.4, 0.5) is 0 Å². The van der Waals surface area contributed by atoms with Gasteiger partial charge in [-0.1, -0.05) is 13.8 Å². The SMILES string of the molecule is CC1CCN(Cc2ccc(Br)cn2)CC1C. The molecule has 2 heterocycles. The third kappa shape index (κ3) is 3.05. The molecule has 1 aliphatic heterocycles. The molecule has 2 rings (SSSR count). The molecule has 2 atom stereocenters. The quantitative estimate of drug-likeness (QED) is 0.827. The van der Waals surface area contributed by atoms with Gasteiger partial charge in [0, 0.05) is 23.8 Å². The topological polar surface area (TPSA) is 16.1 Å². The van der Waals surface area contributed by atoms with E-state index >= 15 is 0 Å². The van der Waals surface area contributed by atoms with Gasteiger partial charge in [0.05, 0.1) is 5.69 Å². The van der Waals surface area contributed by atoms with Gasteiger partial charge in [0.2, 0.25) is 0 Å². The van der Waals surface area contributed by atoms with E-state index in [4.69, 9.17) is 0 Å². The second-order valence-electron chi connectivity index (χ2n) is 4.95. The van der Waals surface area contributed by atoms with Crippen molar-refractivity contribution in [2.24, 2.45) is 11.8 Å². The van der Waals surface area contributed by atoms with Crippen LogP contribution < -0.4 is 0 Å². The number of piperidine rings is 1. The molecule has 0 amide bonds. The molecule has 0 aliphatic carbocycles. The molecule has 1 aliphatic rings. The smallest absolute Gasteiger partial charge is 0.0544 e.